The van der Waals surface area contributed by atoms with Crippen molar-refractivity contribution in [3.63, 3.8) is 0 Å². The Balaban J connectivity index is 1.03. The highest BCUT2D eigenvalue weighted by Crippen LogP contribution is 2.36. The number of anilines is 1. The Kier molecular flexibility index (Phi) is 8.03. The van der Waals surface area contributed by atoms with Gasteiger partial charge in [-0.1, -0.05) is 30.3 Å². The van der Waals surface area contributed by atoms with Gasteiger partial charge in [-0.3, -0.25) is 39.7 Å². The molecule has 2 aromatic carbocycles. The minimum absolute atomic E-state index is 0.00590. The average molecular weight is 611 g/mol. The summed E-state index contributed by atoms with van der Waals surface area (Å²) < 4.78 is 36.4. The molecular formula is C30H32F2N6O6. The van der Waals surface area contributed by atoms with Gasteiger partial charge in [-0.15, -0.1) is 0 Å². The topological polar surface area (TPSA) is 132 Å². The van der Waals surface area contributed by atoms with Crippen LogP contribution in [0.1, 0.15) is 45.5 Å². The second-order valence-electron chi connectivity index (χ2n) is 11.4. The van der Waals surface area contributed by atoms with Gasteiger partial charge < -0.3 is 9.64 Å². The van der Waals surface area contributed by atoms with E-state index < -0.39 is 54.3 Å². The maximum atomic E-state index is 15.6. The molecular weight excluding hydrogens is 578 g/mol. The summed E-state index contributed by atoms with van der Waals surface area (Å²) in [5.41, 5.74) is 4.06. The molecule has 0 bridgehead atoms. The number of fused-ring (bicyclic) bond motifs is 1. The average Bonchev–Trinajstić information content (AvgIpc) is 3.25. The molecule has 0 aliphatic carbocycles. The maximum absolute atomic E-state index is 15.6. The third-order valence-electron chi connectivity index (χ3n) is 8.57. The lowest BCUT2D eigenvalue weighted by Crippen LogP contribution is -2.63. The summed E-state index contributed by atoms with van der Waals surface area (Å²) >= 11 is 0. The van der Waals surface area contributed by atoms with Crippen LogP contribution in [0.5, 0.6) is 0 Å². The predicted octanol–water partition coefficient (Wildman–Crippen LogP) is 1.76. The molecule has 5 amide bonds. The fourth-order valence-corrected chi connectivity index (χ4v) is 6.28. The Labute approximate surface area is 251 Å². The number of hydrogen-bond donors (Lipinski definition) is 2. The SMILES string of the molecule is O=C1CCC(N2C(=O)c3ccc(N4CCC(N5CCN(NC(=O)OCc6ccccc6)CC5)C(F)(F)C4)cc3C2=O)C(=O)N1. The van der Waals surface area contributed by atoms with Crippen LogP contribution in [0.15, 0.2) is 48.5 Å². The summed E-state index contributed by atoms with van der Waals surface area (Å²) in [5.74, 6) is -5.57. The third kappa shape index (κ3) is 5.86. The van der Waals surface area contributed by atoms with E-state index in [-0.39, 0.29) is 37.0 Å². The molecule has 6 rings (SSSR count). The number of piperidine rings is 2. The van der Waals surface area contributed by atoms with Crippen LogP contribution in [0.2, 0.25) is 0 Å². The fourth-order valence-electron chi connectivity index (χ4n) is 6.28. The van der Waals surface area contributed by atoms with Crippen LogP contribution in [0.4, 0.5) is 19.3 Å². The number of hydrazine groups is 1. The first-order valence-corrected chi connectivity index (χ1v) is 14.6. The molecule has 44 heavy (non-hydrogen) atoms. The first kappa shape index (κ1) is 29.6. The number of imide groups is 2. The quantitative estimate of drug-likeness (QED) is 0.470. The standard InChI is InChI=1S/C30H32F2N6O6/c31-30(32)18-36(20-6-7-21-22(16-20)28(42)38(27(21)41)23-8-9-25(39)33-26(23)40)11-10-24(30)35-12-14-37(15-13-35)34-29(43)44-17-19-4-2-1-3-5-19/h1-7,16,23-24H,8-15,17-18H2,(H,34,43)(H,33,39,40). The van der Waals surface area contributed by atoms with Crippen molar-refractivity contribution in [2.45, 2.75) is 43.9 Å². The number of alkyl halides is 2. The Morgan fingerprint density at radius 2 is 1.66 bits per heavy atom. The lowest BCUT2D eigenvalue weighted by atomic mass is 9.97. The monoisotopic (exact) mass is 610 g/mol. The Morgan fingerprint density at radius 1 is 0.932 bits per heavy atom. The van der Waals surface area contributed by atoms with Gasteiger partial charge in [0.05, 0.1) is 23.7 Å². The molecule has 0 saturated carbocycles. The van der Waals surface area contributed by atoms with Crippen LogP contribution in [0.3, 0.4) is 0 Å². The fraction of sp³-hybridized carbons (Fsp3) is 0.433. The van der Waals surface area contributed by atoms with E-state index >= 15 is 8.78 Å². The summed E-state index contributed by atoms with van der Waals surface area (Å²) in [5, 5.41) is 3.82. The van der Waals surface area contributed by atoms with Crippen LogP contribution in [0, 0.1) is 0 Å². The van der Waals surface area contributed by atoms with Crippen LogP contribution >= 0.6 is 0 Å². The van der Waals surface area contributed by atoms with Gasteiger partial charge in [-0.05, 0) is 36.6 Å². The molecule has 3 saturated heterocycles. The van der Waals surface area contributed by atoms with E-state index in [9.17, 15) is 24.0 Å². The number of carbonyl (C=O) groups is 5. The molecule has 4 heterocycles. The summed E-state index contributed by atoms with van der Waals surface area (Å²) in [6.45, 7) is 1.27. The van der Waals surface area contributed by atoms with Crippen LogP contribution in [0.25, 0.3) is 0 Å². The number of hydrogen-bond acceptors (Lipinski definition) is 9. The number of amides is 5. The van der Waals surface area contributed by atoms with Gasteiger partial charge in [0.2, 0.25) is 11.8 Å². The van der Waals surface area contributed by atoms with Crippen molar-refractivity contribution in [1.82, 2.24) is 25.6 Å². The number of piperazine rings is 1. The first-order chi connectivity index (χ1) is 21.1. The van der Waals surface area contributed by atoms with Gasteiger partial charge in [0.1, 0.15) is 12.6 Å². The summed E-state index contributed by atoms with van der Waals surface area (Å²) in [6.07, 6.45) is -0.390. The molecule has 14 heteroatoms. The second-order valence-corrected chi connectivity index (χ2v) is 11.4. The molecule has 2 unspecified atom stereocenters. The number of halogens is 2. The van der Waals surface area contributed by atoms with Crippen LogP contribution < -0.4 is 15.6 Å². The predicted molar refractivity (Wildman–Crippen MR) is 152 cm³/mol. The minimum atomic E-state index is -3.07. The van der Waals surface area contributed by atoms with Crippen molar-refractivity contribution in [3.05, 3.63) is 65.2 Å². The molecule has 4 aliphatic rings. The van der Waals surface area contributed by atoms with E-state index in [0.717, 1.165) is 10.5 Å². The van der Waals surface area contributed by atoms with E-state index in [0.29, 0.717) is 38.4 Å². The first-order valence-electron chi connectivity index (χ1n) is 14.6. The lowest BCUT2D eigenvalue weighted by molar-refractivity contribution is -0.136. The number of nitrogens with zero attached hydrogens (tertiary/aromatic N) is 4. The van der Waals surface area contributed by atoms with Crippen molar-refractivity contribution >= 4 is 35.4 Å². The second kappa shape index (κ2) is 11.9. The van der Waals surface area contributed by atoms with Gasteiger partial charge in [0.25, 0.3) is 17.7 Å². The van der Waals surface area contributed by atoms with Gasteiger partial charge >= 0.3 is 6.09 Å². The molecule has 232 valence electrons. The number of nitrogens with one attached hydrogen (secondary N) is 2. The normalized spacial score (nSPS) is 24.2. The molecule has 2 aromatic rings. The number of rotatable bonds is 6. The van der Waals surface area contributed by atoms with Gasteiger partial charge in [0, 0.05) is 44.8 Å². The van der Waals surface area contributed by atoms with E-state index in [1.165, 1.54) is 23.1 Å². The molecule has 4 aliphatic heterocycles. The van der Waals surface area contributed by atoms with Crippen LogP contribution in [-0.4, -0.2) is 102 Å². The molecule has 3 fully saturated rings. The Bertz CT molecular complexity index is 1480. The number of benzene rings is 2. The highest BCUT2D eigenvalue weighted by Gasteiger charge is 2.49. The lowest BCUT2D eigenvalue weighted by Gasteiger charge is -2.46. The van der Waals surface area contributed by atoms with Gasteiger partial charge in [-0.2, -0.15) is 0 Å². The smallest absolute Gasteiger partial charge is 0.422 e. The van der Waals surface area contributed by atoms with Crippen molar-refractivity contribution in [2.24, 2.45) is 0 Å². The van der Waals surface area contributed by atoms with Gasteiger partial charge in [0.15, 0.2) is 0 Å². The van der Waals surface area contributed by atoms with Crippen molar-refractivity contribution in [3.8, 4) is 0 Å². The Hall–Kier alpha value is -4.43. The third-order valence-corrected chi connectivity index (χ3v) is 8.57. The van der Waals surface area contributed by atoms with Crippen molar-refractivity contribution < 1.29 is 37.5 Å². The van der Waals surface area contributed by atoms with Crippen molar-refractivity contribution in [2.75, 3.05) is 44.2 Å². The number of ether oxygens (including phenoxy) is 1. The highest BCUT2D eigenvalue weighted by molar-refractivity contribution is 6.23. The molecule has 0 aromatic heterocycles. The maximum Gasteiger partial charge on any atom is 0.422 e. The summed E-state index contributed by atoms with van der Waals surface area (Å²) in [6, 6.07) is 11.6. The zero-order valence-electron chi connectivity index (χ0n) is 23.8. The zero-order valence-corrected chi connectivity index (χ0v) is 23.8. The molecule has 0 radical (unpaired) electrons. The minimum Gasteiger partial charge on any atom is -0.444 e. The molecule has 2 atom stereocenters. The van der Waals surface area contributed by atoms with E-state index in [1.54, 1.807) is 9.91 Å². The molecule has 12 nitrogen and oxygen atoms in total. The van der Waals surface area contributed by atoms with E-state index in [1.807, 2.05) is 30.3 Å². The highest BCUT2D eigenvalue weighted by atomic mass is 19.3. The van der Waals surface area contributed by atoms with Crippen LogP contribution in [-0.2, 0) is 20.9 Å². The molecule has 2 N–H and O–H groups in total. The van der Waals surface area contributed by atoms with E-state index in [4.69, 9.17) is 4.74 Å². The Morgan fingerprint density at radius 3 is 2.36 bits per heavy atom. The largest absolute Gasteiger partial charge is 0.444 e. The molecule has 0 spiro atoms. The van der Waals surface area contributed by atoms with Gasteiger partial charge in [-0.25, -0.2) is 18.6 Å². The van der Waals surface area contributed by atoms with Crippen molar-refractivity contribution in [1.29, 1.82) is 0 Å². The zero-order chi connectivity index (χ0) is 31.0. The summed E-state index contributed by atoms with van der Waals surface area (Å²) in [7, 11) is 0. The summed E-state index contributed by atoms with van der Waals surface area (Å²) in [4.78, 5) is 66.3. The number of carbonyl (C=O) groups excluding carboxylic acids is 5. The van der Waals surface area contributed by atoms with E-state index in [2.05, 4.69) is 10.7 Å².